The summed E-state index contributed by atoms with van der Waals surface area (Å²) in [7, 11) is 0. The number of nitrogens with zero attached hydrogens (tertiary/aromatic N) is 1. The maximum absolute atomic E-state index is 12.0. The molecule has 2 rings (SSSR count). The fraction of sp³-hybridized carbons (Fsp3) is 0.733. The number of nitrogens with one attached hydrogen (secondary N) is 1. The number of H-pyrrole nitrogens is 1. The largest absolute Gasteiger partial charge is 0.493 e. The van der Waals surface area contributed by atoms with E-state index >= 15 is 0 Å². The Morgan fingerprint density at radius 1 is 1.26 bits per heavy atom. The van der Waals surface area contributed by atoms with E-state index in [-0.39, 0.29) is 11.4 Å². The molecule has 1 saturated carbocycles. The Balaban J connectivity index is 2.16. The van der Waals surface area contributed by atoms with Crippen LogP contribution in [0, 0.1) is 5.92 Å². The van der Waals surface area contributed by atoms with Crippen LogP contribution in [0.2, 0.25) is 0 Å². The number of hydrogen-bond donors (Lipinski definition) is 2. The Labute approximate surface area is 114 Å². The minimum absolute atomic E-state index is 0.0711. The van der Waals surface area contributed by atoms with Gasteiger partial charge in [0, 0.05) is 5.92 Å². The zero-order valence-corrected chi connectivity index (χ0v) is 11.9. The zero-order chi connectivity index (χ0) is 13.8. The molecule has 0 amide bonds. The summed E-state index contributed by atoms with van der Waals surface area (Å²) in [5, 5.41) is 9.90. The smallest absolute Gasteiger partial charge is 0.257 e. The highest BCUT2D eigenvalue weighted by Crippen LogP contribution is 2.35. The number of aromatic hydroxyl groups is 1. The molecule has 1 fully saturated rings. The van der Waals surface area contributed by atoms with E-state index in [1.54, 1.807) is 0 Å². The molecule has 0 aliphatic heterocycles. The Morgan fingerprint density at radius 2 is 1.95 bits per heavy atom. The Hall–Kier alpha value is -1.32. The van der Waals surface area contributed by atoms with Crippen LogP contribution in [0.1, 0.15) is 69.7 Å². The molecule has 1 aromatic heterocycles. The first-order valence-corrected chi connectivity index (χ1v) is 7.47. The second kappa shape index (κ2) is 6.22. The predicted octanol–water partition coefficient (Wildman–Crippen LogP) is 3.11. The number of aromatic nitrogens is 2. The lowest BCUT2D eigenvalue weighted by Crippen LogP contribution is -2.21. The third kappa shape index (κ3) is 3.17. The van der Waals surface area contributed by atoms with Crippen LogP contribution >= 0.6 is 0 Å². The summed E-state index contributed by atoms with van der Waals surface area (Å²) in [4.78, 5) is 19.1. The second-order valence-corrected chi connectivity index (χ2v) is 5.63. The van der Waals surface area contributed by atoms with Crippen LogP contribution in [-0.4, -0.2) is 15.1 Å². The molecular weight excluding hydrogens is 240 g/mol. The fourth-order valence-corrected chi connectivity index (χ4v) is 3.02. The Morgan fingerprint density at radius 3 is 2.47 bits per heavy atom. The molecule has 0 atom stereocenters. The normalized spacial score (nSPS) is 23.5. The van der Waals surface area contributed by atoms with Crippen LogP contribution in [0.3, 0.4) is 0 Å². The molecule has 0 bridgehead atoms. The van der Waals surface area contributed by atoms with Gasteiger partial charge in [-0.25, -0.2) is 0 Å². The second-order valence-electron chi connectivity index (χ2n) is 5.63. The molecule has 1 aliphatic carbocycles. The van der Waals surface area contributed by atoms with Crippen molar-refractivity contribution in [2.24, 2.45) is 5.92 Å². The molecule has 4 heteroatoms. The van der Waals surface area contributed by atoms with E-state index in [0.717, 1.165) is 25.2 Å². The maximum Gasteiger partial charge on any atom is 0.257 e. The summed E-state index contributed by atoms with van der Waals surface area (Å²) in [6, 6.07) is 0. The van der Waals surface area contributed by atoms with Gasteiger partial charge in [0.05, 0.1) is 5.56 Å². The average molecular weight is 264 g/mol. The van der Waals surface area contributed by atoms with Crippen molar-refractivity contribution in [2.75, 3.05) is 0 Å². The van der Waals surface area contributed by atoms with Crippen LogP contribution in [0.4, 0.5) is 0 Å². The lowest BCUT2D eigenvalue weighted by atomic mass is 9.80. The molecule has 2 N–H and O–H groups in total. The molecule has 0 radical (unpaired) electrons. The quantitative estimate of drug-likeness (QED) is 0.878. The molecule has 1 heterocycles. The number of aromatic amines is 1. The summed E-state index contributed by atoms with van der Waals surface area (Å²) in [6.45, 7) is 4.22. The summed E-state index contributed by atoms with van der Waals surface area (Å²) in [6.07, 6.45) is 7.17. The summed E-state index contributed by atoms with van der Waals surface area (Å²) >= 11 is 0. The Kier molecular flexibility index (Phi) is 4.61. The molecule has 0 aromatic carbocycles. The van der Waals surface area contributed by atoms with Crippen molar-refractivity contribution in [1.82, 2.24) is 9.97 Å². The highest BCUT2D eigenvalue weighted by Gasteiger charge is 2.24. The van der Waals surface area contributed by atoms with Gasteiger partial charge in [0.2, 0.25) is 5.88 Å². The third-order valence-electron chi connectivity index (χ3n) is 4.32. The SMILES string of the molecule is CCCc1c(O)nc(C2CCC(CC)CC2)[nH]c1=O. The lowest BCUT2D eigenvalue weighted by Gasteiger charge is -2.27. The van der Waals surface area contributed by atoms with Gasteiger partial charge in [0.25, 0.3) is 5.56 Å². The molecule has 1 aromatic rings. The number of hydrogen-bond acceptors (Lipinski definition) is 3. The highest BCUT2D eigenvalue weighted by atomic mass is 16.3. The van der Waals surface area contributed by atoms with E-state index < -0.39 is 0 Å². The molecular formula is C15H24N2O2. The summed E-state index contributed by atoms with van der Waals surface area (Å²) in [5.41, 5.74) is 0.260. The first-order chi connectivity index (χ1) is 9.15. The average Bonchev–Trinajstić information content (AvgIpc) is 2.43. The van der Waals surface area contributed by atoms with Crippen molar-refractivity contribution in [3.05, 3.63) is 21.7 Å². The first-order valence-electron chi connectivity index (χ1n) is 7.47. The van der Waals surface area contributed by atoms with E-state index in [2.05, 4.69) is 16.9 Å². The monoisotopic (exact) mass is 264 g/mol. The highest BCUT2D eigenvalue weighted by molar-refractivity contribution is 5.23. The maximum atomic E-state index is 12.0. The van der Waals surface area contributed by atoms with Crippen molar-refractivity contribution in [3.8, 4) is 5.88 Å². The third-order valence-corrected chi connectivity index (χ3v) is 4.32. The van der Waals surface area contributed by atoms with Gasteiger partial charge >= 0.3 is 0 Å². The molecule has 0 saturated heterocycles. The van der Waals surface area contributed by atoms with Crippen LogP contribution in [-0.2, 0) is 6.42 Å². The van der Waals surface area contributed by atoms with E-state index in [4.69, 9.17) is 0 Å². The van der Waals surface area contributed by atoms with Crippen LogP contribution < -0.4 is 5.56 Å². The van der Waals surface area contributed by atoms with Gasteiger partial charge in [0.1, 0.15) is 5.82 Å². The van der Waals surface area contributed by atoms with Crippen molar-refractivity contribution < 1.29 is 5.11 Å². The van der Waals surface area contributed by atoms with Crippen molar-refractivity contribution in [2.45, 2.75) is 64.7 Å². The van der Waals surface area contributed by atoms with Crippen molar-refractivity contribution >= 4 is 0 Å². The summed E-state index contributed by atoms with van der Waals surface area (Å²) < 4.78 is 0. The van der Waals surface area contributed by atoms with Crippen LogP contribution in [0.25, 0.3) is 0 Å². The molecule has 4 nitrogen and oxygen atoms in total. The van der Waals surface area contributed by atoms with Gasteiger partial charge in [-0.15, -0.1) is 0 Å². The molecule has 106 valence electrons. The standard InChI is InChI=1S/C15H24N2O2/c1-3-5-12-14(18)16-13(17-15(12)19)11-8-6-10(4-2)7-9-11/h10-11H,3-9H2,1-2H3,(H2,16,17,18,19). The number of rotatable bonds is 4. The predicted molar refractivity (Wildman–Crippen MR) is 75.5 cm³/mol. The topological polar surface area (TPSA) is 66.0 Å². The fourth-order valence-electron chi connectivity index (χ4n) is 3.02. The van der Waals surface area contributed by atoms with Gasteiger partial charge < -0.3 is 10.1 Å². The van der Waals surface area contributed by atoms with Gasteiger partial charge in [0.15, 0.2) is 0 Å². The molecule has 0 unspecified atom stereocenters. The van der Waals surface area contributed by atoms with Gasteiger partial charge in [-0.1, -0.05) is 26.7 Å². The van der Waals surface area contributed by atoms with Gasteiger partial charge in [-0.05, 0) is 38.0 Å². The lowest BCUT2D eigenvalue weighted by molar-refractivity contribution is 0.309. The van der Waals surface area contributed by atoms with E-state index in [1.807, 2.05) is 6.92 Å². The van der Waals surface area contributed by atoms with E-state index in [0.29, 0.717) is 23.7 Å². The van der Waals surface area contributed by atoms with E-state index in [9.17, 15) is 9.90 Å². The molecule has 19 heavy (non-hydrogen) atoms. The first kappa shape index (κ1) is 14.1. The van der Waals surface area contributed by atoms with Crippen molar-refractivity contribution in [3.63, 3.8) is 0 Å². The minimum atomic E-state index is -0.165. The molecule has 1 aliphatic rings. The Bertz CT molecular complexity index is 474. The van der Waals surface area contributed by atoms with Crippen LogP contribution in [0.15, 0.2) is 4.79 Å². The van der Waals surface area contributed by atoms with Gasteiger partial charge in [-0.2, -0.15) is 4.98 Å². The van der Waals surface area contributed by atoms with E-state index in [1.165, 1.54) is 19.3 Å². The molecule has 0 spiro atoms. The zero-order valence-electron chi connectivity index (χ0n) is 11.9. The van der Waals surface area contributed by atoms with Gasteiger partial charge in [-0.3, -0.25) is 4.79 Å². The van der Waals surface area contributed by atoms with Crippen LogP contribution in [0.5, 0.6) is 5.88 Å². The summed E-state index contributed by atoms with van der Waals surface area (Å²) in [5.74, 6) is 1.73. The minimum Gasteiger partial charge on any atom is -0.493 e. The van der Waals surface area contributed by atoms with Crippen molar-refractivity contribution in [1.29, 1.82) is 0 Å².